The maximum absolute atomic E-state index is 12.0. The number of carbonyl (C=O) groups excluding carboxylic acids is 1. The van der Waals surface area contributed by atoms with Gasteiger partial charge in [-0.3, -0.25) is 4.79 Å². The number of benzene rings is 1. The third kappa shape index (κ3) is 4.02. The van der Waals surface area contributed by atoms with Crippen molar-refractivity contribution in [2.75, 3.05) is 18.5 Å². The number of para-hydroxylation sites is 1. The van der Waals surface area contributed by atoms with Crippen molar-refractivity contribution >= 4 is 17.4 Å². The molecule has 0 unspecified atom stereocenters. The molecule has 110 valence electrons. The highest BCUT2D eigenvalue weighted by atomic mass is 16.1. The molecule has 0 aliphatic carbocycles. The molecule has 0 saturated carbocycles. The van der Waals surface area contributed by atoms with Crippen LogP contribution in [0, 0.1) is 5.92 Å². The Bertz CT molecular complexity index is 598. The molecule has 0 aliphatic rings. The predicted octanol–water partition coefficient (Wildman–Crippen LogP) is 2.63. The number of rotatable bonds is 5. The van der Waals surface area contributed by atoms with E-state index in [1.54, 1.807) is 6.07 Å². The summed E-state index contributed by atoms with van der Waals surface area (Å²) in [5.74, 6) is 0.918. The second-order valence-electron chi connectivity index (χ2n) is 5.26. The minimum atomic E-state index is -0.172. The molecule has 0 radical (unpaired) electrons. The van der Waals surface area contributed by atoms with Gasteiger partial charge in [0.2, 0.25) is 0 Å². The van der Waals surface area contributed by atoms with E-state index in [1.165, 1.54) is 6.33 Å². The van der Waals surface area contributed by atoms with Crippen molar-refractivity contribution in [2.24, 2.45) is 5.92 Å². The van der Waals surface area contributed by atoms with Gasteiger partial charge in [-0.15, -0.1) is 0 Å². The van der Waals surface area contributed by atoms with Gasteiger partial charge in [0, 0.05) is 25.3 Å². The summed E-state index contributed by atoms with van der Waals surface area (Å²) in [7, 11) is 1.91. The molecular weight excluding hydrogens is 264 g/mol. The molecule has 1 aromatic heterocycles. The summed E-state index contributed by atoms with van der Waals surface area (Å²) < 4.78 is 0. The first-order chi connectivity index (χ1) is 10.1. The summed E-state index contributed by atoms with van der Waals surface area (Å²) >= 11 is 0. The van der Waals surface area contributed by atoms with E-state index in [2.05, 4.69) is 29.1 Å². The van der Waals surface area contributed by atoms with Crippen molar-refractivity contribution in [1.82, 2.24) is 15.3 Å². The SMILES string of the molecule is CC(C)CNC(=O)c1cc(N(C)c2ccccc2)ncn1. The Morgan fingerprint density at radius 2 is 1.95 bits per heavy atom. The van der Waals surface area contributed by atoms with Gasteiger partial charge in [0.15, 0.2) is 0 Å². The Kier molecular flexibility index (Phi) is 4.87. The summed E-state index contributed by atoms with van der Waals surface area (Å²) in [4.78, 5) is 22.2. The van der Waals surface area contributed by atoms with E-state index in [0.717, 1.165) is 5.69 Å². The van der Waals surface area contributed by atoms with Gasteiger partial charge in [0.25, 0.3) is 5.91 Å². The van der Waals surface area contributed by atoms with Crippen molar-refractivity contribution < 1.29 is 4.79 Å². The summed E-state index contributed by atoms with van der Waals surface area (Å²) in [5.41, 5.74) is 1.38. The lowest BCUT2D eigenvalue weighted by atomic mass is 10.2. The molecule has 2 rings (SSSR count). The van der Waals surface area contributed by atoms with Gasteiger partial charge in [0.1, 0.15) is 17.8 Å². The lowest BCUT2D eigenvalue weighted by Crippen LogP contribution is -2.28. The predicted molar refractivity (Wildman–Crippen MR) is 83.7 cm³/mol. The molecule has 1 N–H and O–H groups in total. The van der Waals surface area contributed by atoms with Crippen LogP contribution < -0.4 is 10.2 Å². The minimum absolute atomic E-state index is 0.172. The van der Waals surface area contributed by atoms with E-state index in [-0.39, 0.29) is 5.91 Å². The van der Waals surface area contributed by atoms with E-state index in [9.17, 15) is 4.79 Å². The van der Waals surface area contributed by atoms with Crippen LogP contribution in [0.1, 0.15) is 24.3 Å². The zero-order chi connectivity index (χ0) is 15.2. The summed E-state index contributed by atoms with van der Waals surface area (Å²) in [5, 5.41) is 2.86. The molecule has 0 atom stereocenters. The summed E-state index contributed by atoms with van der Waals surface area (Å²) in [6, 6.07) is 11.6. The van der Waals surface area contributed by atoms with Crippen LogP contribution in [0.15, 0.2) is 42.7 Å². The number of nitrogens with one attached hydrogen (secondary N) is 1. The largest absolute Gasteiger partial charge is 0.350 e. The van der Waals surface area contributed by atoms with Crippen molar-refractivity contribution in [3.8, 4) is 0 Å². The number of amides is 1. The minimum Gasteiger partial charge on any atom is -0.350 e. The van der Waals surface area contributed by atoms with Gasteiger partial charge in [0.05, 0.1) is 0 Å². The fraction of sp³-hybridized carbons (Fsp3) is 0.312. The van der Waals surface area contributed by atoms with Gasteiger partial charge in [-0.1, -0.05) is 32.0 Å². The lowest BCUT2D eigenvalue weighted by molar-refractivity contribution is 0.0944. The first kappa shape index (κ1) is 15.0. The van der Waals surface area contributed by atoms with Gasteiger partial charge in [-0.25, -0.2) is 9.97 Å². The number of carbonyl (C=O) groups is 1. The normalized spacial score (nSPS) is 10.5. The Balaban J connectivity index is 2.16. The van der Waals surface area contributed by atoms with Crippen LogP contribution >= 0.6 is 0 Å². The number of aromatic nitrogens is 2. The number of hydrogen-bond donors (Lipinski definition) is 1. The van der Waals surface area contributed by atoms with E-state index in [1.807, 2.05) is 42.3 Å². The molecule has 0 aliphatic heterocycles. The molecule has 1 aromatic carbocycles. The van der Waals surface area contributed by atoms with E-state index in [0.29, 0.717) is 24.0 Å². The highest BCUT2D eigenvalue weighted by Gasteiger charge is 2.11. The molecule has 21 heavy (non-hydrogen) atoms. The van der Waals surface area contributed by atoms with Crippen LogP contribution in [0.5, 0.6) is 0 Å². The molecular formula is C16H20N4O. The average Bonchev–Trinajstić information content (AvgIpc) is 2.52. The number of anilines is 2. The Morgan fingerprint density at radius 3 is 2.62 bits per heavy atom. The molecule has 5 nitrogen and oxygen atoms in total. The van der Waals surface area contributed by atoms with Gasteiger partial charge >= 0.3 is 0 Å². The van der Waals surface area contributed by atoms with Crippen LogP contribution in [0.4, 0.5) is 11.5 Å². The van der Waals surface area contributed by atoms with Gasteiger partial charge < -0.3 is 10.2 Å². The van der Waals surface area contributed by atoms with Gasteiger partial charge in [-0.2, -0.15) is 0 Å². The molecule has 2 aromatic rings. The van der Waals surface area contributed by atoms with Crippen molar-refractivity contribution in [2.45, 2.75) is 13.8 Å². The molecule has 0 spiro atoms. The smallest absolute Gasteiger partial charge is 0.270 e. The second kappa shape index (κ2) is 6.83. The second-order valence-corrected chi connectivity index (χ2v) is 5.26. The van der Waals surface area contributed by atoms with Crippen molar-refractivity contribution in [3.05, 3.63) is 48.4 Å². The lowest BCUT2D eigenvalue weighted by Gasteiger charge is -2.18. The van der Waals surface area contributed by atoms with Crippen LogP contribution in [0.2, 0.25) is 0 Å². The zero-order valence-corrected chi connectivity index (χ0v) is 12.6. The Labute approximate surface area is 125 Å². The Hall–Kier alpha value is -2.43. The summed E-state index contributed by atoms with van der Waals surface area (Å²) in [6.07, 6.45) is 1.42. The first-order valence-corrected chi connectivity index (χ1v) is 6.97. The van der Waals surface area contributed by atoms with Crippen LogP contribution in [-0.2, 0) is 0 Å². The maximum Gasteiger partial charge on any atom is 0.270 e. The van der Waals surface area contributed by atoms with Crippen LogP contribution in [0.25, 0.3) is 0 Å². The van der Waals surface area contributed by atoms with Gasteiger partial charge in [-0.05, 0) is 18.1 Å². The molecule has 5 heteroatoms. The monoisotopic (exact) mass is 284 g/mol. The van der Waals surface area contributed by atoms with Crippen molar-refractivity contribution in [1.29, 1.82) is 0 Å². The van der Waals surface area contributed by atoms with E-state index < -0.39 is 0 Å². The fourth-order valence-corrected chi connectivity index (χ4v) is 1.83. The fourth-order valence-electron chi connectivity index (χ4n) is 1.83. The van der Waals surface area contributed by atoms with Crippen LogP contribution in [-0.4, -0.2) is 29.5 Å². The highest BCUT2D eigenvalue weighted by molar-refractivity contribution is 5.93. The number of hydrogen-bond acceptors (Lipinski definition) is 4. The quantitative estimate of drug-likeness (QED) is 0.917. The summed E-state index contributed by atoms with van der Waals surface area (Å²) in [6.45, 7) is 4.73. The molecule has 0 saturated heterocycles. The third-order valence-corrected chi connectivity index (χ3v) is 3.04. The third-order valence-electron chi connectivity index (χ3n) is 3.04. The molecule has 1 heterocycles. The van der Waals surface area contributed by atoms with Crippen molar-refractivity contribution in [3.63, 3.8) is 0 Å². The zero-order valence-electron chi connectivity index (χ0n) is 12.6. The standard InChI is InChI=1S/C16H20N4O/c1-12(2)10-17-16(21)14-9-15(19-11-18-14)20(3)13-7-5-4-6-8-13/h4-9,11-12H,10H2,1-3H3,(H,17,21). The topological polar surface area (TPSA) is 58.1 Å². The molecule has 1 amide bonds. The average molecular weight is 284 g/mol. The highest BCUT2D eigenvalue weighted by Crippen LogP contribution is 2.20. The number of nitrogens with zero attached hydrogens (tertiary/aromatic N) is 3. The Morgan fingerprint density at radius 1 is 1.24 bits per heavy atom. The maximum atomic E-state index is 12.0. The van der Waals surface area contributed by atoms with E-state index >= 15 is 0 Å². The van der Waals surface area contributed by atoms with Crippen LogP contribution in [0.3, 0.4) is 0 Å². The molecule has 0 bridgehead atoms. The first-order valence-electron chi connectivity index (χ1n) is 6.97. The molecule has 0 fully saturated rings. The van der Waals surface area contributed by atoms with E-state index in [4.69, 9.17) is 0 Å².